The van der Waals surface area contributed by atoms with Crippen LogP contribution in [0, 0.1) is 0 Å². The number of ether oxygens (including phenoxy) is 2. The van der Waals surface area contributed by atoms with Gasteiger partial charge in [0.15, 0.2) is 5.84 Å². The Morgan fingerprint density at radius 3 is 2.85 bits per heavy atom. The molecule has 0 bridgehead atoms. The average molecular weight is 457 g/mol. The van der Waals surface area contributed by atoms with Crippen molar-refractivity contribution in [2.45, 2.75) is 31.3 Å². The summed E-state index contributed by atoms with van der Waals surface area (Å²) < 4.78 is 12.1. The van der Waals surface area contributed by atoms with Gasteiger partial charge in [0.25, 0.3) is 0 Å². The number of carboxylic acid groups (broad SMARTS) is 1. The van der Waals surface area contributed by atoms with E-state index in [1.165, 1.54) is 5.56 Å². The summed E-state index contributed by atoms with van der Waals surface area (Å²) in [6.45, 7) is 0.392. The molecule has 6 rings (SSSR count). The Kier molecular flexibility index (Phi) is 5.07. The highest BCUT2D eigenvalue weighted by molar-refractivity contribution is 6.11. The van der Waals surface area contributed by atoms with E-state index in [4.69, 9.17) is 14.6 Å². The third-order valence-electron chi connectivity index (χ3n) is 6.57. The molecule has 172 valence electrons. The van der Waals surface area contributed by atoms with Crippen molar-refractivity contribution in [2.24, 2.45) is 5.10 Å². The van der Waals surface area contributed by atoms with E-state index in [1.54, 1.807) is 0 Å². The Morgan fingerprint density at radius 2 is 2.00 bits per heavy atom. The maximum Gasteiger partial charge on any atom is 0.304 e. The van der Waals surface area contributed by atoms with Crippen molar-refractivity contribution in [3.8, 4) is 11.5 Å². The van der Waals surface area contributed by atoms with Gasteiger partial charge in [-0.3, -0.25) is 4.79 Å². The topological polar surface area (TPSA) is 95.4 Å². The first kappa shape index (κ1) is 20.6. The van der Waals surface area contributed by atoms with Crippen molar-refractivity contribution in [1.29, 1.82) is 0 Å². The highest BCUT2D eigenvalue weighted by Crippen LogP contribution is 2.41. The number of nitrogens with zero attached hydrogens (tertiary/aromatic N) is 2. The van der Waals surface area contributed by atoms with Crippen LogP contribution in [0.4, 0.5) is 5.69 Å². The summed E-state index contributed by atoms with van der Waals surface area (Å²) in [7, 11) is 0. The zero-order chi connectivity index (χ0) is 23.1. The molecule has 0 amide bonds. The predicted octanol–water partition coefficient (Wildman–Crippen LogP) is 3.89. The number of benzene rings is 3. The van der Waals surface area contributed by atoms with Gasteiger partial charge in [-0.15, -0.1) is 10.6 Å². The lowest BCUT2D eigenvalue weighted by atomic mass is 9.98. The van der Waals surface area contributed by atoms with Gasteiger partial charge in [0, 0.05) is 23.1 Å². The molecule has 1 aliphatic carbocycles. The Balaban J connectivity index is 1.24. The number of carbonyl (C=O) groups is 1. The number of rotatable bonds is 6. The minimum atomic E-state index is -0.816. The van der Waals surface area contributed by atoms with Gasteiger partial charge in [0.1, 0.15) is 17.6 Å². The standard InChI is InChI=1S/C26H24N4O4/c31-25(32)13-16-15-33-24-14-18(9-10-19(16)24)34-23-12-11-20-21(23)7-4-8-22(20)26-27-28-29-30(26)17-5-2-1-3-6-17/h1-10,14,16,23,28-29H,11-13,15H2,(H,31,32). The van der Waals surface area contributed by atoms with Crippen molar-refractivity contribution >= 4 is 17.5 Å². The molecular formula is C26H24N4O4. The van der Waals surface area contributed by atoms with Crippen LogP contribution in [0.15, 0.2) is 71.8 Å². The summed E-state index contributed by atoms with van der Waals surface area (Å²) in [5.74, 6) is 1.33. The zero-order valence-electron chi connectivity index (χ0n) is 18.4. The van der Waals surface area contributed by atoms with Gasteiger partial charge < -0.3 is 14.6 Å². The van der Waals surface area contributed by atoms with Gasteiger partial charge in [0.05, 0.1) is 18.7 Å². The summed E-state index contributed by atoms with van der Waals surface area (Å²) in [6.07, 6.45) is 1.75. The van der Waals surface area contributed by atoms with Crippen molar-refractivity contribution in [3.63, 3.8) is 0 Å². The van der Waals surface area contributed by atoms with E-state index in [-0.39, 0.29) is 18.4 Å². The number of hydrogen-bond donors (Lipinski definition) is 3. The van der Waals surface area contributed by atoms with E-state index in [0.717, 1.165) is 46.8 Å². The van der Waals surface area contributed by atoms with E-state index in [0.29, 0.717) is 12.4 Å². The molecule has 3 aromatic carbocycles. The highest BCUT2D eigenvalue weighted by Gasteiger charge is 2.32. The van der Waals surface area contributed by atoms with E-state index >= 15 is 0 Å². The smallest absolute Gasteiger partial charge is 0.304 e. The van der Waals surface area contributed by atoms with Gasteiger partial charge in [-0.2, -0.15) is 0 Å². The molecule has 0 saturated heterocycles. The molecule has 2 aliphatic heterocycles. The number of fused-ring (bicyclic) bond motifs is 2. The van der Waals surface area contributed by atoms with Gasteiger partial charge in [-0.05, 0) is 42.2 Å². The fourth-order valence-corrected chi connectivity index (χ4v) is 5.00. The average Bonchev–Trinajstić information content (AvgIpc) is 3.59. The Labute approximate surface area is 196 Å². The fraction of sp³-hybridized carbons (Fsp3) is 0.231. The second kappa shape index (κ2) is 8.39. The van der Waals surface area contributed by atoms with Crippen LogP contribution in [0.2, 0.25) is 0 Å². The van der Waals surface area contributed by atoms with Crippen LogP contribution >= 0.6 is 0 Å². The number of hydrazine groups is 2. The van der Waals surface area contributed by atoms with E-state index < -0.39 is 5.97 Å². The van der Waals surface area contributed by atoms with Crippen molar-refractivity contribution in [1.82, 2.24) is 11.1 Å². The van der Waals surface area contributed by atoms with Crippen LogP contribution in [-0.4, -0.2) is 23.5 Å². The second-order valence-electron chi connectivity index (χ2n) is 8.65. The van der Waals surface area contributed by atoms with Crippen LogP contribution < -0.4 is 25.6 Å². The fourth-order valence-electron chi connectivity index (χ4n) is 5.00. The van der Waals surface area contributed by atoms with Gasteiger partial charge in [0.2, 0.25) is 0 Å². The molecule has 0 fully saturated rings. The highest BCUT2D eigenvalue weighted by atomic mass is 16.5. The second-order valence-corrected chi connectivity index (χ2v) is 8.65. The van der Waals surface area contributed by atoms with Crippen molar-refractivity contribution in [3.05, 3.63) is 89.0 Å². The third-order valence-corrected chi connectivity index (χ3v) is 6.57. The molecule has 3 aliphatic rings. The van der Waals surface area contributed by atoms with Gasteiger partial charge in [-0.25, -0.2) is 10.5 Å². The summed E-state index contributed by atoms with van der Waals surface area (Å²) >= 11 is 0. The van der Waals surface area contributed by atoms with Crippen LogP contribution in [0.3, 0.4) is 0 Å². The quantitative estimate of drug-likeness (QED) is 0.518. The molecule has 0 saturated carbocycles. The monoisotopic (exact) mass is 456 g/mol. The molecule has 2 unspecified atom stereocenters. The van der Waals surface area contributed by atoms with Crippen LogP contribution in [-0.2, 0) is 11.2 Å². The summed E-state index contributed by atoms with van der Waals surface area (Å²) in [6, 6.07) is 22.0. The first-order chi connectivity index (χ1) is 16.7. The molecule has 3 N–H and O–H groups in total. The molecular weight excluding hydrogens is 432 g/mol. The summed E-state index contributed by atoms with van der Waals surface area (Å²) in [4.78, 5) is 11.1. The largest absolute Gasteiger partial charge is 0.492 e. The minimum Gasteiger partial charge on any atom is -0.492 e. The minimum absolute atomic E-state index is 0.0690. The van der Waals surface area contributed by atoms with Gasteiger partial charge >= 0.3 is 5.97 Å². The summed E-state index contributed by atoms with van der Waals surface area (Å²) in [5.41, 5.74) is 11.4. The van der Waals surface area contributed by atoms with Gasteiger partial charge in [-0.1, -0.05) is 42.5 Å². The number of hydrazone groups is 1. The lowest BCUT2D eigenvalue weighted by Gasteiger charge is -2.21. The first-order valence-electron chi connectivity index (χ1n) is 11.4. The molecule has 3 aromatic rings. The van der Waals surface area contributed by atoms with Crippen molar-refractivity contribution < 1.29 is 19.4 Å². The lowest BCUT2D eigenvalue weighted by molar-refractivity contribution is -0.137. The maximum absolute atomic E-state index is 11.1. The predicted molar refractivity (Wildman–Crippen MR) is 127 cm³/mol. The van der Waals surface area contributed by atoms with Crippen LogP contribution in [0.5, 0.6) is 11.5 Å². The maximum atomic E-state index is 11.1. The molecule has 2 heterocycles. The lowest BCUT2D eigenvalue weighted by Crippen LogP contribution is -2.41. The Bertz CT molecular complexity index is 1280. The van der Waals surface area contributed by atoms with E-state index in [9.17, 15) is 4.79 Å². The molecule has 0 spiro atoms. The number of nitrogens with one attached hydrogen (secondary N) is 2. The summed E-state index contributed by atoms with van der Waals surface area (Å²) in [5, 5.41) is 15.6. The number of amidine groups is 1. The Hall–Kier alpha value is -4.04. The molecule has 2 atom stereocenters. The molecule has 0 radical (unpaired) electrons. The molecule has 0 aromatic heterocycles. The number of hydrogen-bond acceptors (Lipinski definition) is 7. The number of para-hydroxylation sites is 1. The molecule has 34 heavy (non-hydrogen) atoms. The van der Waals surface area contributed by atoms with Crippen LogP contribution in [0.25, 0.3) is 0 Å². The molecule has 8 heteroatoms. The normalized spacial score (nSPS) is 20.2. The first-order valence-corrected chi connectivity index (χ1v) is 11.4. The molecule has 8 nitrogen and oxygen atoms in total. The third kappa shape index (κ3) is 3.62. The number of aliphatic carboxylic acids is 1. The van der Waals surface area contributed by atoms with E-state index in [1.807, 2.05) is 59.6 Å². The number of carboxylic acids is 1. The Morgan fingerprint density at radius 1 is 1.12 bits per heavy atom. The van der Waals surface area contributed by atoms with Crippen LogP contribution in [0.1, 0.15) is 47.1 Å². The SMILES string of the molecule is O=C(O)CC1COc2cc(OC3CCc4c(C5=NNNN5c5ccccc5)cccc43)ccc21. The zero-order valence-corrected chi connectivity index (χ0v) is 18.4. The number of anilines is 1. The van der Waals surface area contributed by atoms with Crippen molar-refractivity contribution in [2.75, 3.05) is 11.6 Å². The van der Waals surface area contributed by atoms with E-state index in [2.05, 4.69) is 28.3 Å².